The predicted molar refractivity (Wildman–Crippen MR) is 59.2 cm³/mol. The maximum Gasteiger partial charge on any atom is 0.238 e. The second-order valence-electron chi connectivity index (χ2n) is 4.07. The Morgan fingerprint density at radius 3 is 2.69 bits per heavy atom. The fourth-order valence-electron chi connectivity index (χ4n) is 1.84. The van der Waals surface area contributed by atoms with Crippen molar-refractivity contribution >= 4 is 16.9 Å². The number of aromatic nitrogens is 4. The summed E-state index contributed by atoms with van der Waals surface area (Å²) in [7, 11) is 3.41. The molecule has 2 heterocycles. The maximum atomic E-state index is 5.88. The first-order valence-electron chi connectivity index (χ1n) is 5.25. The first-order valence-corrected chi connectivity index (χ1v) is 5.25. The number of nitrogens with zero attached hydrogens (tertiary/aromatic N) is 4. The van der Waals surface area contributed by atoms with Crippen molar-refractivity contribution in [1.82, 2.24) is 19.7 Å². The molecule has 0 aromatic carbocycles. The van der Waals surface area contributed by atoms with Crippen molar-refractivity contribution in [1.29, 1.82) is 0 Å². The topological polar surface area (TPSA) is 78.8 Å². The van der Waals surface area contributed by atoms with Crippen LogP contribution < -0.4 is 10.5 Å². The van der Waals surface area contributed by atoms with Gasteiger partial charge in [-0.15, -0.1) is 0 Å². The van der Waals surface area contributed by atoms with E-state index in [1.807, 2.05) is 0 Å². The van der Waals surface area contributed by atoms with E-state index in [1.54, 1.807) is 18.8 Å². The molecule has 2 N–H and O–H groups in total. The lowest BCUT2D eigenvalue weighted by atomic mass is 10.3. The molecule has 0 unspecified atom stereocenters. The van der Waals surface area contributed by atoms with Gasteiger partial charge in [-0.2, -0.15) is 5.10 Å². The number of nitrogen functional groups attached to an aromatic ring is 1. The number of aryl methyl sites for hydroxylation is 1. The third-order valence-corrected chi connectivity index (χ3v) is 2.81. The fourth-order valence-corrected chi connectivity index (χ4v) is 1.84. The highest BCUT2D eigenvalue weighted by Crippen LogP contribution is 2.39. The summed E-state index contributed by atoms with van der Waals surface area (Å²) in [6.07, 6.45) is 2.29. The molecular weight excluding hydrogens is 206 g/mol. The predicted octanol–water partition coefficient (Wildman–Crippen LogP) is 0.831. The molecule has 0 atom stereocenters. The Kier molecular flexibility index (Phi) is 1.80. The molecule has 3 rings (SSSR count). The van der Waals surface area contributed by atoms with Crippen molar-refractivity contribution in [2.24, 2.45) is 7.05 Å². The third-order valence-electron chi connectivity index (χ3n) is 2.81. The largest absolute Gasteiger partial charge is 0.480 e. The number of rotatable bonds is 2. The van der Waals surface area contributed by atoms with Crippen LogP contribution in [0.2, 0.25) is 0 Å². The minimum Gasteiger partial charge on any atom is -0.480 e. The number of hydrogen-bond donors (Lipinski definition) is 1. The summed E-state index contributed by atoms with van der Waals surface area (Å²) in [5, 5.41) is 4.25. The summed E-state index contributed by atoms with van der Waals surface area (Å²) in [5.41, 5.74) is 7.20. The average molecular weight is 219 g/mol. The van der Waals surface area contributed by atoms with Gasteiger partial charge in [0.15, 0.2) is 16.9 Å². The Balaban J connectivity index is 2.29. The Morgan fingerprint density at radius 1 is 1.31 bits per heavy atom. The van der Waals surface area contributed by atoms with Gasteiger partial charge in [0, 0.05) is 13.0 Å². The van der Waals surface area contributed by atoms with Crippen LogP contribution in [0.5, 0.6) is 5.88 Å². The van der Waals surface area contributed by atoms with Crippen LogP contribution in [0.1, 0.15) is 24.6 Å². The summed E-state index contributed by atoms with van der Waals surface area (Å²) >= 11 is 0. The van der Waals surface area contributed by atoms with E-state index in [2.05, 4.69) is 15.1 Å². The van der Waals surface area contributed by atoms with Gasteiger partial charge in [0.05, 0.1) is 7.11 Å². The highest BCUT2D eigenvalue weighted by Gasteiger charge is 2.28. The quantitative estimate of drug-likeness (QED) is 0.809. The molecule has 0 bridgehead atoms. The molecule has 2 aromatic heterocycles. The van der Waals surface area contributed by atoms with Crippen molar-refractivity contribution in [2.45, 2.75) is 18.8 Å². The standard InChI is InChI=1S/C10H13N5O/c1-15-10(16-2)7-6(14-15)8(11)13-9(12-7)5-3-4-5/h5H,3-4H2,1-2H3,(H2,11,12,13). The molecule has 6 heteroatoms. The summed E-state index contributed by atoms with van der Waals surface area (Å²) < 4.78 is 6.89. The molecule has 0 aliphatic heterocycles. The van der Waals surface area contributed by atoms with Gasteiger partial charge in [0.2, 0.25) is 5.88 Å². The zero-order chi connectivity index (χ0) is 11.3. The van der Waals surface area contributed by atoms with Gasteiger partial charge in [0.25, 0.3) is 0 Å². The SMILES string of the molecule is COc1c2nc(C3CC3)nc(N)c2nn1C. The maximum absolute atomic E-state index is 5.88. The fraction of sp³-hybridized carbons (Fsp3) is 0.500. The second-order valence-corrected chi connectivity index (χ2v) is 4.07. The number of methoxy groups -OCH3 is 1. The molecule has 6 nitrogen and oxygen atoms in total. The molecule has 0 saturated heterocycles. The number of ether oxygens (including phenoxy) is 1. The normalized spacial score (nSPS) is 15.6. The summed E-state index contributed by atoms with van der Waals surface area (Å²) in [4.78, 5) is 8.78. The van der Waals surface area contributed by atoms with Crippen molar-refractivity contribution in [3.8, 4) is 5.88 Å². The lowest BCUT2D eigenvalue weighted by Crippen LogP contribution is -1.99. The Bertz CT molecular complexity index is 558. The average Bonchev–Trinajstić information content (AvgIpc) is 3.03. The molecule has 1 aliphatic carbocycles. The molecule has 84 valence electrons. The number of hydrogen-bond acceptors (Lipinski definition) is 5. The summed E-state index contributed by atoms with van der Waals surface area (Å²) in [6, 6.07) is 0. The van der Waals surface area contributed by atoms with Crippen LogP contribution >= 0.6 is 0 Å². The smallest absolute Gasteiger partial charge is 0.238 e. The van der Waals surface area contributed by atoms with Gasteiger partial charge in [-0.05, 0) is 12.8 Å². The van der Waals surface area contributed by atoms with Gasteiger partial charge in [-0.3, -0.25) is 0 Å². The molecule has 1 saturated carbocycles. The molecule has 0 amide bonds. The van der Waals surface area contributed by atoms with Crippen LogP contribution in [-0.2, 0) is 7.05 Å². The highest BCUT2D eigenvalue weighted by atomic mass is 16.5. The van der Waals surface area contributed by atoms with Gasteiger partial charge in [-0.25, -0.2) is 14.6 Å². The van der Waals surface area contributed by atoms with Gasteiger partial charge in [-0.1, -0.05) is 0 Å². The Morgan fingerprint density at radius 2 is 2.06 bits per heavy atom. The summed E-state index contributed by atoms with van der Waals surface area (Å²) in [6.45, 7) is 0. The van der Waals surface area contributed by atoms with E-state index in [0.29, 0.717) is 28.6 Å². The van der Waals surface area contributed by atoms with Crippen molar-refractivity contribution in [2.75, 3.05) is 12.8 Å². The molecule has 0 spiro atoms. The molecular formula is C10H13N5O. The van der Waals surface area contributed by atoms with Gasteiger partial charge in [0.1, 0.15) is 5.82 Å². The van der Waals surface area contributed by atoms with E-state index in [0.717, 1.165) is 18.7 Å². The van der Waals surface area contributed by atoms with E-state index in [1.165, 1.54) is 0 Å². The van der Waals surface area contributed by atoms with Crippen LogP contribution in [0.25, 0.3) is 11.0 Å². The van der Waals surface area contributed by atoms with Crippen LogP contribution in [-0.4, -0.2) is 26.9 Å². The zero-order valence-corrected chi connectivity index (χ0v) is 9.27. The highest BCUT2D eigenvalue weighted by molar-refractivity contribution is 5.88. The van der Waals surface area contributed by atoms with E-state index < -0.39 is 0 Å². The van der Waals surface area contributed by atoms with Crippen LogP contribution in [0.15, 0.2) is 0 Å². The molecule has 1 aliphatic rings. The minimum atomic E-state index is 0.436. The number of nitrogens with two attached hydrogens (primary N) is 1. The lowest BCUT2D eigenvalue weighted by Gasteiger charge is -2.01. The van der Waals surface area contributed by atoms with Crippen molar-refractivity contribution < 1.29 is 4.74 Å². The van der Waals surface area contributed by atoms with E-state index in [4.69, 9.17) is 10.5 Å². The minimum absolute atomic E-state index is 0.436. The third kappa shape index (κ3) is 1.22. The second kappa shape index (κ2) is 3.07. The number of anilines is 1. The van der Waals surface area contributed by atoms with Crippen LogP contribution in [0.3, 0.4) is 0 Å². The Hall–Kier alpha value is -1.85. The Labute approximate surface area is 92.4 Å². The van der Waals surface area contributed by atoms with Gasteiger partial charge >= 0.3 is 0 Å². The summed E-state index contributed by atoms with van der Waals surface area (Å²) in [5.74, 6) is 2.35. The lowest BCUT2D eigenvalue weighted by molar-refractivity contribution is 0.377. The van der Waals surface area contributed by atoms with Gasteiger partial charge < -0.3 is 10.5 Å². The van der Waals surface area contributed by atoms with Crippen LogP contribution in [0.4, 0.5) is 5.82 Å². The number of fused-ring (bicyclic) bond motifs is 1. The molecule has 2 aromatic rings. The van der Waals surface area contributed by atoms with Crippen molar-refractivity contribution in [3.63, 3.8) is 0 Å². The van der Waals surface area contributed by atoms with E-state index in [-0.39, 0.29) is 0 Å². The monoisotopic (exact) mass is 219 g/mol. The first kappa shape index (κ1) is 9.38. The van der Waals surface area contributed by atoms with E-state index in [9.17, 15) is 0 Å². The van der Waals surface area contributed by atoms with Crippen LogP contribution in [0, 0.1) is 0 Å². The first-order chi connectivity index (χ1) is 7.70. The zero-order valence-electron chi connectivity index (χ0n) is 9.27. The molecule has 0 radical (unpaired) electrons. The van der Waals surface area contributed by atoms with E-state index >= 15 is 0 Å². The molecule has 1 fully saturated rings. The molecule has 16 heavy (non-hydrogen) atoms. The van der Waals surface area contributed by atoms with Crippen molar-refractivity contribution in [3.05, 3.63) is 5.82 Å².